The number of rotatable bonds is 5. The zero-order chi connectivity index (χ0) is 19.2. The van der Waals surface area contributed by atoms with E-state index in [0.29, 0.717) is 29.1 Å². The van der Waals surface area contributed by atoms with Gasteiger partial charge in [-0.3, -0.25) is 19.0 Å². The summed E-state index contributed by atoms with van der Waals surface area (Å²) in [5.41, 5.74) is 1.53. The fraction of sp³-hybridized carbons (Fsp3) is 0.412. The van der Waals surface area contributed by atoms with Crippen LogP contribution >= 0.6 is 11.3 Å². The van der Waals surface area contributed by atoms with Crippen molar-refractivity contribution >= 4 is 57.1 Å². The zero-order valence-electron chi connectivity index (χ0n) is 15.0. The molecular weight excluding hydrogens is 379 g/mol. The number of aryl methyl sites for hydroxylation is 3. The van der Waals surface area contributed by atoms with Gasteiger partial charge >= 0.3 is 41.2 Å². The van der Waals surface area contributed by atoms with Crippen LogP contribution in [0.3, 0.4) is 0 Å². The van der Waals surface area contributed by atoms with Crippen molar-refractivity contribution in [3.63, 3.8) is 0 Å². The first kappa shape index (κ1) is 21.6. The number of H-pyrrole nitrogens is 1. The number of fused-ring (bicyclic) bond motifs is 1. The minimum absolute atomic E-state index is 0. The van der Waals surface area contributed by atoms with E-state index in [-0.39, 0.29) is 40.5 Å². The molecule has 0 aliphatic rings. The maximum atomic E-state index is 12.7. The topological polar surface area (TPSA) is 110 Å². The van der Waals surface area contributed by atoms with Crippen LogP contribution in [0, 0.1) is 13.8 Å². The van der Waals surface area contributed by atoms with Gasteiger partial charge in [0, 0.05) is 36.1 Å². The van der Waals surface area contributed by atoms with Crippen LogP contribution in [0.2, 0.25) is 0 Å². The molecule has 0 saturated heterocycles. The van der Waals surface area contributed by atoms with Gasteiger partial charge in [0.05, 0.1) is 16.6 Å². The third-order valence-corrected chi connectivity index (χ3v) is 5.74. The molecule has 8 nitrogen and oxygen atoms in total. The summed E-state index contributed by atoms with van der Waals surface area (Å²) in [6, 6.07) is 0. The molecule has 3 heterocycles. The summed E-state index contributed by atoms with van der Waals surface area (Å²) in [6.07, 6.45) is 1.04. The van der Waals surface area contributed by atoms with Gasteiger partial charge in [0.15, 0.2) is 0 Å². The van der Waals surface area contributed by atoms with Gasteiger partial charge < -0.3 is 5.11 Å². The molecular formula is C17H21N4NaO4S. The van der Waals surface area contributed by atoms with Crippen molar-refractivity contribution < 1.29 is 9.90 Å². The molecule has 2 N–H and O–H groups in total. The molecule has 27 heavy (non-hydrogen) atoms. The molecule has 0 fully saturated rings. The fourth-order valence-corrected chi connectivity index (χ4v) is 4.45. The van der Waals surface area contributed by atoms with Crippen molar-refractivity contribution in [1.29, 1.82) is 0 Å². The molecule has 0 spiro atoms. The van der Waals surface area contributed by atoms with Gasteiger partial charge in [-0.2, -0.15) is 5.10 Å². The van der Waals surface area contributed by atoms with Crippen LogP contribution in [0.5, 0.6) is 0 Å². The molecule has 0 saturated carbocycles. The fourth-order valence-electron chi connectivity index (χ4n) is 3.14. The SMILES string of the molecule is CCCn1c(=O)n(C)c(=O)c2c(C(=O)O)c(Cc3c(C)n[nH]c3C)sc21.[NaH]. The average Bonchev–Trinajstić information content (AvgIpc) is 3.12. The number of carbonyl (C=O) groups is 1. The maximum absolute atomic E-state index is 12.7. The molecule has 3 rings (SSSR count). The Morgan fingerprint density at radius 1 is 1.30 bits per heavy atom. The molecule has 3 aromatic heterocycles. The third-order valence-electron chi connectivity index (χ3n) is 4.52. The molecule has 0 radical (unpaired) electrons. The Labute approximate surface area is 181 Å². The normalized spacial score (nSPS) is 11.0. The van der Waals surface area contributed by atoms with Crippen LogP contribution in [-0.4, -0.2) is 60.0 Å². The molecule has 0 aliphatic heterocycles. The zero-order valence-corrected chi connectivity index (χ0v) is 15.9. The van der Waals surface area contributed by atoms with Gasteiger partial charge in [0.1, 0.15) is 4.83 Å². The number of nitrogens with zero attached hydrogens (tertiary/aromatic N) is 3. The first-order valence-corrected chi connectivity index (χ1v) is 9.08. The van der Waals surface area contributed by atoms with Gasteiger partial charge in [-0.25, -0.2) is 9.59 Å². The van der Waals surface area contributed by atoms with Gasteiger partial charge in [0.25, 0.3) is 5.56 Å². The summed E-state index contributed by atoms with van der Waals surface area (Å²) in [5.74, 6) is -1.16. The average molecular weight is 400 g/mol. The number of hydrogen-bond acceptors (Lipinski definition) is 5. The van der Waals surface area contributed by atoms with Crippen LogP contribution in [-0.2, 0) is 20.0 Å². The Kier molecular flexibility index (Phi) is 6.51. The summed E-state index contributed by atoms with van der Waals surface area (Å²) < 4.78 is 2.47. The van der Waals surface area contributed by atoms with Crippen LogP contribution in [0.1, 0.15) is 45.5 Å². The van der Waals surface area contributed by atoms with E-state index in [1.807, 2.05) is 20.8 Å². The van der Waals surface area contributed by atoms with Gasteiger partial charge in [-0.1, -0.05) is 6.92 Å². The Balaban J connectivity index is 0.00000261. The molecule has 3 aromatic rings. The first-order valence-electron chi connectivity index (χ1n) is 8.26. The second-order valence-corrected chi connectivity index (χ2v) is 7.36. The van der Waals surface area contributed by atoms with Crippen molar-refractivity contribution in [1.82, 2.24) is 19.3 Å². The van der Waals surface area contributed by atoms with Crippen molar-refractivity contribution in [3.05, 3.63) is 48.2 Å². The molecule has 0 aliphatic carbocycles. The van der Waals surface area contributed by atoms with Crippen LogP contribution in [0.4, 0.5) is 0 Å². The Morgan fingerprint density at radius 3 is 2.48 bits per heavy atom. The van der Waals surface area contributed by atoms with Crippen LogP contribution in [0.25, 0.3) is 10.2 Å². The number of nitrogens with one attached hydrogen (secondary N) is 1. The summed E-state index contributed by atoms with van der Waals surface area (Å²) >= 11 is 1.20. The summed E-state index contributed by atoms with van der Waals surface area (Å²) in [5, 5.41) is 16.9. The van der Waals surface area contributed by atoms with E-state index in [4.69, 9.17) is 0 Å². The van der Waals surface area contributed by atoms with Crippen molar-refractivity contribution in [2.45, 2.75) is 40.2 Å². The molecule has 0 bridgehead atoms. The second-order valence-electron chi connectivity index (χ2n) is 6.27. The van der Waals surface area contributed by atoms with Crippen LogP contribution < -0.4 is 11.2 Å². The number of aromatic amines is 1. The molecule has 0 atom stereocenters. The molecule has 10 heteroatoms. The predicted octanol–water partition coefficient (Wildman–Crippen LogP) is 1.15. The number of carboxylic acids is 1. The van der Waals surface area contributed by atoms with E-state index >= 15 is 0 Å². The van der Waals surface area contributed by atoms with E-state index in [1.54, 1.807) is 0 Å². The summed E-state index contributed by atoms with van der Waals surface area (Å²) in [4.78, 5) is 38.1. The number of hydrogen-bond donors (Lipinski definition) is 2. The minimum atomic E-state index is -1.16. The third kappa shape index (κ3) is 3.56. The quantitative estimate of drug-likeness (QED) is 0.625. The standard InChI is InChI=1S/C17H20N4O4S.Na.H/c1-5-6-21-15-13(14(22)20(4)17(21)25)12(16(23)24)11(26-15)7-10-8(2)18-19-9(10)3;;/h5-7H2,1-4H3,(H,18,19)(H,23,24);;. The number of carboxylic acid groups (broad SMARTS) is 1. The molecule has 0 amide bonds. The second kappa shape index (κ2) is 8.14. The number of aromatic carboxylic acids is 1. The van der Waals surface area contributed by atoms with Crippen LogP contribution in [0.15, 0.2) is 9.59 Å². The summed E-state index contributed by atoms with van der Waals surface area (Å²) in [6.45, 7) is 6.06. The Morgan fingerprint density at radius 2 is 1.96 bits per heavy atom. The summed E-state index contributed by atoms with van der Waals surface area (Å²) in [7, 11) is 1.38. The van der Waals surface area contributed by atoms with E-state index < -0.39 is 17.2 Å². The monoisotopic (exact) mass is 400 g/mol. The number of aromatic nitrogens is 4. The molecule has 140 valence electrons. The van der Waals surface area contributed by atoms with Crippen molar-refractivity contribution in [2.75, 3.05) is 0 Å². The number of thiophene rings is 1. The van der Waals surface area contributed by atoms with E-state index in [9.17, 15) is 19.5 Å². The Bertz CT molecular complexity index is 1120. The van der Waals surface area contributed by atoms with Crippen molar-refractivity contribution in [2.24, 2.45) is 7.05 Å². The van der Waals surface area contributed by atoms with Gasteiger partial charge in [-0.05, 0) is 20.3 Å². The molecule has 0 aromatic carbocycles. The Hall–Kier alpha value is -1.68. The van der Waals surface area contributed by atoms with E-state index in [2.05, 4.69) is 10.2 Å². The predicted molar refractivity (Wildman–Crippen MR) is 107 cm³/mol. The van der Waals surface area contributed by atoms with Gasteiger partial charge in [0.2, 0.25) is 0 Å². The van der Waals surface area contributed by atoms with Gasteiger partial charge in [-0.15, -0.1) is 11.3 Å². The van der Waals surface area contributed by atoms with E-state index in [1.165, 1.54) is 23.0 Å². The first-order chi connectivity index (χ1) is 12.3. The molecule has 0 unspecified atom stereocenters. The van der Waals surface area contributed by atoms with Crippen molar-refractivity contribution in [3.8, 4) is 0 Å². The van der Waals surface area contributed by atoms with E-state index in [0.717, 1.165) is 21.5 Å².